The highest BCUT2D eigenvalue weighted by atomic mass is 32.2. The minimum atomic E-state index is -0.355. The molecule has 2 fully saturated rings. The number of hydrogen-bond acceptors (Lipinski definition) is 7. The van der Waals surface area contributed by atoms with E-state index in [0.29, 0.717) is 22.0 Å². The van der Waals surface area contributed by atoms with Crippen LogP contribution in [0.2, 0.25) is 0 Å². The van der Waals surface area contributed by atoms with Crippen LogP contribution in [-0.4, -0.2) is 44.7 Å². The van der Waals surface area contributed by atoms with E-state index in [1.807, 2.05) is 61.7 Å². The highest BCUT2D eigenvalue weighted by Crippen LogP contribution is 2.35. The minimum absolute atomic E-state index is 0.0381. The number of ether oxygens (including phenoxy) is 1. The first-order valence-corrected chi connectivity index (χ1v) is 14.7. The average molecular weight is 575 g/mol. The summed E-state index contributed by atoms with van der Waals surface area (Å²) in [7, 11) is 0. The Hall–Kier alpha value is -4.05. The third-order valence-corrected chi connectivity index (χ3v) is 8.51. The van der Waals surface area contributed by atoms with Crippen molar-refractivity contribution in [1.29, 1.82) is 0 Å². The van der Waals surface area contributed by atoms with Gasteiger partial charge in [0.1, 0.15) is 18.0 Å². The normalized spacial score (nSPS) is 17.0. The Morgan fingerprint density at radius 1 is 1.07 bits per heavy atom. The third-order valence-electron chi connectivity index (χ3n) is 7.60. The lowest BCUT2D eigenvalue weighted by atomic mass is 9.95. The minimum Gasteiger partial charge on any atom is -0.492 e. The fourth-order valence-electron chi connectivity index (χ4n) is 5.52. The SMILES string of the molecule is Cc1cccc(OCCN2C(=O)S/C(=C\c3cc(C)n(-c4ccc(NC5CCCCC5)c([N+](=O)[O-])c4)c3C)C2=O)c1. The van der Waals surface area contributed by atoms with Gasteiger partial charge in [-0.05, 0) is 92.9 Å². The zero-order valence-electron chi connectivity index (χ0n) is 23.5. The van der Waals surface area contributed by atoms with Gasteiger partial charge in [-0.1, -0.05) is 31.4 Å². The number of aryl methyl sites for hydroxylation is 2. The summed E-state index contributed by atoms with van der Waals surface area (Å²) in [5.41, 5.74) is 4.76. The first kappa shape index (κ1) is 28.5. The van der Waals surface area contributed by atoms with Crippen molar-refractivity contribution in [3.05, 3.63) is 86.1 Å². The number of rotatable bonds is 9. The Morgan fingerprint density at radius 3 is 2.59 bits per heavy atom. The average Bonchev–Trinajstić information content (AvgIpc) is 3.37. The van der Waals surface area contributed by atoms with Gasteiger partial charge in [-0.25, -0.2) is 0 Å². The highest BCUT2D eigenvalue weighted by molar-refractivity contribution is 8.18. The van der Waals surface area contributed by atoms with E-state index in [-0.39, 0.29) is 41.0 Å². The van der Waals surface area contributed by atoms with Crippen LogP contribution in [0.3, 0.4) is 0 Å². The van der Waals surface area contributed by atoms with Gasteiger partial charge in [0, 0.05) is 23.5 Å². The van der Waals surface area contributed by atoms with Crippen molar-refractivity contribution in [2.24, 2.45) is 0 Å². The number of benzene rings is 2. The quantitative estimate of drug-likeness (QED) is 0.164. The van der Waals surface area contributed by atoms with Crippen molar-refractivity contribution in [3.63, 3.8) is 0 Å². The number of nitro benzene ring substituents is 1. The largest absolute Gasteiger partial charge is 0.492 e. The molecule has 1 aromatic heterocycles. The van der Waals surface area contributed by atoms with Gasteiger partial charge in [-0.2, -0.15) is 0 Å². The van der Waals surface area contributed by atoms with Gasteiger partial charge in [0.2, 0.25) is 0 Å². The van der Waals surface area contributed by atoms with E-state index in [1.165, 1.54) is 11.3 Å². The van der Waals surface area contributed by atoms with E-state index < -0.39 is 0 Å². The second-order valence-electron chi connectivity index (χ2n) is 10.6. The molecule has 5 rings (SSSR count). The fraction of sp³-hybridized carbons (Fsp3) is 0.355. The molecular weight excluding hydrogens is 540 g/mol. The Balaban J connectivity index is 1.33. The molecule has 0 unspecified atom stereocenters. The van der Waals surface area contributed by atoms with Gasteiger partial charge >= 0.3 is 0 Å². The topological polar surface area (TPSA) is 107 Å². The van der Waals surface area contributed by atoms with Crippen LogP contribution in [0.1, 0.15) is 54.6 Å². The number of carbonyl (C=O) groups excluding carboxylic acids is 2. The summed E-state index contributed by atoms with van der Waals surface area (Å²) in [6, 6.07) is 15.0. The van der Waals surface area contributed by atoms with Crippen LogP contribution in [0, 0.1) is 30.9 Å². The molecule has 1 saturated heterocycles. The van der Waals surface area contributed by atoms with Crippen molar-refractivity contribution in [2.45, 2.75) is 58.9 Å². The summed E-state index contributed by atoms with van der Waals surface area (Å²) in [5, 5.41) is 15.0. The first-order chi connectivity index (χ1) is 19.7. The summed E-state index contributed by atoms with van der Waals surface area (Å²) in [4.78, 5) is 38.9. The molecule has 2 aliphatic rings. The molecule has 41 heavy (non-hydrogen) atoms. The van der Waals surface area contributed by atoms with E-state index in [0.717, 1.165) is 60.0 Å². The molecule has 0 radical (unpaired) electrons. The number of nitrogens with one attached hydrogen (secondary N) is 1. The molecule has 2 heterocycles. The molecule has 0 atom stereocenters. The lowest BCUT2D eigenvalue weighted by Crippen LogP contribution is -2.32. The molecule has 1 aliphatic carbocycles. The van der Waals surface area contributed by atoms with Gasteiger partial charge in [-0.15, -0.1) is 0 Å². The Bertz CT molecular complexity index is 1520. The van der Waals surface area contributed by atoms with Gasteiger partial charge in [-0.3, -0.25) is 24.6 Å². The number of hydrogen-bond donors (Lipinski definition) is 1. The summed E-state index contributed by atoms with van der Waals surface area (Å²) in [6.45, 7) is 6.14. The number of thioether (sulfide) groups is 1. The van der Waals surface area contributed by atoms with Crippen LogP contribution >= 0.6 is 11.8 Å². The standard InChI is InChI=1S/C31H34N4O5S/c1-20-8-7-11-26(16-20)40-15-14-33-30(36)29(41-31(33)37)18-23-17-21(2)34(22(23)3)25-12-13-27(28(19-25)35(38)39)32-24-9-5-4-6-10-24/h7-8,11-13,16-19,24,32H,4-6,9-10,14-15H2,1-3H3/b29-18-. The number of anilines is 1. The number of imide groups is 1. The number of nitrogens with zero attached hydrogens (tertiary/aromatic N) is 3. The summed E-state index contributed by atoms with van der Waals surface area (Å²) in [6.07, 6.45) is 7.23. The molecule has 2 aromatic carbocycles. The molecule has 214 valence electrons. The second-order valence-corrected chi connectivity index (χ2v) is 11.6. The lowest BCUT2D eigenvalue weighted by Gasteiger charge is -2.24. The van der Waals surface area contributed by atoms with Crippen molar-refractivity contribution < 1.29 is 19.2 Å². The third kappa shape index (κ3) is 6.32. The fourth-order valence-corrected chi connectivity index (χ4v) is 6.38. The van der Waals surface area contributed by atoms with Crippen LogP contribution in [0.25, 0.3) is 11.8 Å². The van der Waals surface area contributed by atoms with Gasteiger partial charge in [0.05, 0.1) is 22.1 Å². The molecule has 1 N–H and O–H groups in total. The molecular formula is C31H34N4O5S. The highest BCUT2D eigenvalue weighted by Gasteiger charge is 2.35. The predicted octanol–water partition coefficient (Wildman–Crippen LogP) is 7.17. The monoisotopic (exact) mass is 574 g/mol. The molecule has 0 bridgehead atoms. The maximum absolute atomic E-state index is 13.1. The summed E-state index contributed by atoms with van der Waals surface area (Å²) in [5.74, 6) is 0.337. The van der Waals surface area contributed by atoms with Crippen molar-refractivity contribution in [3.8, 4) is 11.4 Å². The van der Waals surface area contributed by atoms with Gasteiger partial charge < -0.3 is 14.6 Å². The summed E-state index contributed by atoms with van der Waals surface area (Å²) < 4.78 is 7.67. The van der Waals surface area contributed by atoms with E-state index in [9.17, 15) is 19.7 Å². The van der Waals surface area contributed by atoms with Crippen LogP contribution < -0.4 is 10.1 Å². The Morgan fingerprint density at radius 2 is 1.85 bits per heavy atom. The second kappa shape index (κ2) is 12.2. The maximum atomic E-state index is 13.1. The molecule has 10 heteroatoms. The maximum Gasteiger partial charge on any atom is 0.294 e. The molecule has 3 aromatic rings. The van der Waals surface area contributed by atoms with Crippen LogP contribution in [0.4, 0.5) is 16.2 Å². The number of aromatic nitrogens is 1. The molecule has 2 amide bonds. The zero-order valence-corrected chi connectivity index (χ0v) is 24.3. The van der Waals surface area contributed by atoms with Crippen LogP contribution in [0.5, 0.6) is 5.75 Å². The van der Waals surface area contributed by atoms with Gasteiger partial charge in [0.25, 0.3) is 16.8 Å². The van der Waals surface area contributed by atoms with Gasteiger partial charge in [0.15, 0.2) is 0 Å². The number of amides is 2. The molecule has 1 aliphatic heterocycles. The van der Waals surface area contributed by atoms with E-state index in [4.69, 9.17) is 4.74 Å². The van der Waals surface area contributed by atoms with Crippen molar-refractivity contribution in [2.75, 3.05) is 18.5 Å². The van der Waals surface area contributed by atoms with E-state index in [2.05, 4.69) is 5.32 Å². The van der Waals surface area contributed by atoms with E-state index in [1.54, 1.807) is 18.2 Å². The lowest BCUT2D eigenvalue weighted by molar-refractivity contribution is -0.384. The van der Waals surface area contributed by atoms with Crippen molar-refractivity contribution >= 4 is 40.4 Å². The summed E-state index contributed by atoms with van der Waals surface area (Å²) >= 11 is 0.906. The van der Waals surface area contributed by atoms with Crippen LogP contribution in [0.15, 0.2) is 53.4 Å². The smallest absolute Gasteiger partial charge is 0.294 e. The number of carbonyl (C=O) groups is 2. The van der Waals surface area contributed by atoms with Crippen molar-refractivity contribution in [1.82, 2.24) is 9.47 Å². The predicted molar refractivity (Wildman–Crippen MR) is 162 cm³/mol. The zero-order chi connectivity index (χ0) is 29.1. The molecule has 1 saturated carbocycles. The van der Waals surface area contributed by atoms with Crippen LogP contribution in [-0.2, 0) is 4.79 Å². The van der Waals surface area contributed by atoms with E-state index >= 15 is 0 Å². The Labute approximate surface area is 243 Å². The first-order valence-electron chi connectivity index (χ1n) is 13.9. The molecule has 9 nitrogen and oxygen atoms in total. The molecule has 0 spiro atoms. The Kier molecular flexibility index (Phi) is 8.49. The number of nitro groups is 1.